The molecule has 3 aliphatic rings. The number of fused-ring (bicyclic) bond motifs is 3. The summed E-state index contributed by atoms with van der Waals surface area (Å²) in [5.41, 5.74) is 7.00. The first-order chi connectivity index (χ1) is 47.2. The fourth-order valence-corrected chi connectivity index (χ4v) is 15.0. The predicted molar refractivity (Wildman–Crippen MR) is 381 cm³/mol. The molecule has 3 aromatic carbocycles. The quantitative estimate of drug-likeness (QED) is 0.0487. The number of thiophene rings is 3. The van der Waals surface area contributed by atoms with Gasteiger partial charge in [-0.25, -0.2) is 30.0 Å². The van der Waals surface area contributed by atoms with Gasteiger partial charge >= 0.3 is 0 Å². The standard InChI is InChI=1S/C73H83N13O8S3/c1-49-9-23-66(96-49)64(25-29-74-3)93-56-19-13-53(14-20-56)46-84-35-37-86(70-60(73(84)89)41-75-48-78-70)81(6)31-27-65(67-24-10-50(2)97-67)94-57-21-15-52(16-22-57)45-83-34-36-85(62-40-69(91-8)77-43-59(62)72(83)88)80(5)30-26-63(54-28-38-95-47-54)92-55-17-11-51(12-18-55)44-82-33-32-79(4)61-39-68(90-7)76-42-58(61)71(82)87/h9-24,28,38-43,47-48,63-65,74H,25-27,29-37,44-46H2,1-8H3. The number of methoxy groups -OCH3 is 2. The third-order valence-electron chi connectivity index (χ3n) is 17.9. The molecule has 3 amide bonds. The minimum Gasteiger partial charge on any atom is -0.486 e. The van der Waals surface area contributed by atoms with E-state index in [0.717, 1.165) is 57.3 Å². The van der Waals surface area contributed by atoms with Crippen molar-refractivity contribution in [2.24, 2.45) is 0 Å². The van der Waals surface area contributed by atoms with Crippen LogP contribution >= 0.6 is 34.0 Å². The zero-order chi connectivity index (χ0) is 67.5. The summed E-state index contributed by atoms with van der Waals surface area (Å²) in [6.07, 6.45) is 7.85. The van der Waals surface area contributed by atoms with Gasteiger partial charge in [0.25, 0.3) is 17.7 Å². The molecule has 97 heavy (non-hydrogen) atoms. The van der Waals surface area contributed by atoms with E-state index in [9.17, 15) is 14.4 Å². The van der Waals surface area contributed by atoms with Gasteiger partial charge in [0, 0.05) is 155 Å². The highest BCUT2D eigenvalue weighted by Crippen LogP contribution is 2.37. The van der Waals surface area contributed by atoms with Crippen molar-refractivity contribution in [2.75, 3.05) is 116 Å². The average Bonchev–Trinajstić information content (AvgIpc) is 2.32. The lowest BCUT2D eigenvalue weighted by molar-refractivity contribution is 0.0744. The van der Waals surface area contributed by atoms with Gasteiger partial charge in [0.2, 0.25) is 11.8 Å². The minimum absolute atomic E-state index is 0.0591. The number of carbonyl (C=O) groups is 3. The third kappa shape index (κ3) is 16.3. The zero-order valence-electron chi connectivity index (χ0n) is 56.1. The van der Waals surface area contributed by atoms with E-state index in [1.165, 1.54) is 21.0 Å². The number of benzene rings is 3. The SMILES string of the molecule is CNCCC(Oc1ccc(CN2CCN(N(C)CCC(Oc3ccc(CN4CCN(N(C)CCC(Oc5ccc(CN6CCN(C)c7cc(OC)ncc7C6=O)cc5)c5ccsc5)c5cc(OC)ncc5C4=O)cc3)c3ccc(C)s3)c3ncncc3C2=O)cc1)c1ccc(C)s1. The summed E-state index contributed by atoms with van der Waals surface area (Å²) >= 11 is 5.10. The highest BCUT2D eigenvalue weighted by Gasteiger charge is 2.34. The van der Waals surface area contributed by atoms with Gasteiger partial charge in [0.1, 0.15) is 47.5 Å². The first kappa shape index (κ1) is 67.8. The number of likely N-dealkylation sites (N-methyl/N-ethyl adjacent to an activating group) is 1. The van der Waals surface area contributed by atoms with Crippen LogP contribution in [0.2, 0.25) is 0 Å². The summed E-state index contributed by atoms with van der Waals surface area (Å²) in [7, 11) is 11.2. The van der Waals surface area contributed by atoms with Crippen molar-refractivity contribution in [2.45, 2.75) is 71.1 Å². The second-order valence-electron chi connectivity index (χ2n) is 24.5. The maximum Gasteiger partial charge on any atom is 0.259 e. The Kier molecular flexibility index (Phi) is 21.9. The van der Waals surface area contributed by atoms with Crippen LogP contribution in [0.1, 0.15) is 110 Å². The number of amides is 3. The lowest BCUT2D eigenvalue weighted by Crippen LogP contribution is -2.44. The fraction of sp³-hybridized carbons (Fsp3) is 0.356. The van der Waals surface area contributed by atoms with Crippen LogP contribution in [0, 0.1) is 13.8 Å². The number of nitrogens with one attached hydrogen (secondary N) is 1. The van der Waals surface area contributed by atoms with Crippen molar-refractivity contribution in [3.05, 3.63) is 209 Å². The number of pyridine rings is 2. The predicted octanol–water partition coefficient (Wildman–Crippen LogP) is 11.9. The van der Waals surface area contributed by atoms with Crippen LogP contribution in [0.5, 0.6) is 29.0 Å². The first-order valence-corrected chi connectivity index (χ1v) is 35.3. The van der Waals surface area contributed by atoms with Crippen LogP contribution in [-0.4, -0.2) is 164 Å². The van der Waals surface area contributed by atoms with Crippen LogP contribution in [0.4, 0.5) is 17.2 Å². The molecule has 0 saturated heterocycles. The molecule has 6 aromatic heterocycles. The van der Waals surface area contributed by atoms with Gasteiger partial charge in [-0.15, -0.1) is 22.7 Å². The molecule has 0 spiro atoms. The largest absolute Gasteiger partial charge is 0.486 e. The Morgan fingerprint density at radius 1 is 0.536 bits per heavy atom. The summed E-state index contributed by atoms with van der Waals surface area (Å²) in [6.45, 7) is 10.7. The maximum absolute atomic E-state index is 14.7. The summed E-state index contributed by atoms with van der Waals surface area (Å²) in [4.78, 5) is 73.0. The zero-order valence-corrected chi connectivity index (χ0v) is 58.6. The van der Waals surface area contributed by atoms with Crippen LogP contribution in [0.25, 0.3) is 0 Å². The number of rotatable bonds is 28. The molecule has 3 aliphatic heterocycles. The van der Waals surface area contributed by atoms with Crippen LogP contribution in [-0.2, 0) is 19.6 Å². The van der Waals surface area contributed by atoms with Gasteiger partial charge in [-0.05, 0) is 122 Å². The van der Waals surface area contributed by atoms with E-state index >= 15 is 0 Å². The molecule has 0 radical (unpaired) electrons. The van der Waals surface area contributed by atoms with Gasteiger partial charge in [-0.2, -0.15) is 11.3 Å². The second-order valence-corrected chi connectivity index (χ2v) is 28.0. The van der Waals surface area contributed by atoms with Crippen LogP contribution in [0.15, 0.2) is 151 Å². The molecule has 3 atom stereocenters. The Morgan fingerprint density at radius 2 is 1.01 bits per heavy atom. The summed E-state index contributed by atoms with van der Waals surface area (Å²) < 4.78 is 31.2. The molecule has 506 valence electrons. The highest BCUT2D eigenvalue weighted by atomic mass is 32.1. The normalized spacial score (nSPS) is 15.2. The number of aryl methyl sites for hydroxylation is 2. The van der Waals surface area contributed by atoms with Gasteiger partial charge in [-0.1, -0.05) is 36.4 Å². The molecule has 0 saturated carbocycles. The van der Waals surface area contributed by atoms with Crippen LogP contribution in [0.3, 0.4) is 0 Å². The van der Waals surface area contributed by atoms with E-state index in [1.54, 1.807) is 66.8 Å². The molecule has 0 bridgehead atoms. The average molecular weight is 1370 g/mol. The molecule has 9 aromatic rings. The van der Waals surface area contributed by atoms with Gasteiger partial charge in [0.15, 0.2) is 5.82 Å². The maximum atomic E-state index is 14.7. The summed E-state index contributed by atoms with van der Waals surface area (Å²) in [5, 5.41) is 15.9. The Balaban J connectivity index is 0.667. The Bertz CT molecular complexity index is 4120. The van der Waals surface area contributed by atoms with Crippen LogP contribution < -0.4 is 43.9 Å². The Morgan fingerprint density at radius 3 is 1.52 bits per heavy atom. The van der Waals surface area contributed by atoms with E-state index < -0.39 is 0 Å². The van der Waals surface area contributed by atoms with E-state index in [2.05, 4.69) is 105 Å². The highest BCUT2D eigenvalue weighted by molar-refractivity contribution is 7.12. The molecule has 1 N–H and O–H groups in total. The van der Waals surface area contributed by atoms with Crippen molar-refractivity contribution in [1.82, 2.24) is 50.0 Å². The van der Waals surface area contributed by atoms with E-state index in [1.807, 2.05) is 128 Å². The monoisotopic (exact) mass is 1370 g/mol. The summed E-state index contributed by atoms with van der Waals surface area (Å²) in [5.74, 6) is 3.35. The fourth-order valence-electron chi connectivity index (χ4n) is 12.4. The van der Waals surface area contributed by atoms with Gasteiger partial charge in [0.05, 0.1) is 49.8 Å². The lowest BCUT2D eigenvalue weighted by atomic mass is 10.1. The molecule has 9 heterocycles. The number of nitrogens with zero attached hydrogens (tertiary/aromatic N) is 12. The number of aromatic nitrogens is 4. The molecule has 12 rings (SSSR count). The smallest absolute Gasteiger partial charge is 0.259 e. The third-order valence-corrected chi connectivity index (χ3v) is 20.8. The Hall–Kier alpha value is -9.17. The lowest BCUT2D eigenvalue weighted by Gasteiger charge is -2.34. The molecule has 21 nitrogen and oxygen atoms in total. The summed E-state index contributed by atoms with van der Waals surface area (Å²) in [6, 6.07) is 38.4. The van der Waals surface area contributed by atoms with Crippen molar-refractivity contribution in [3.8, 4) is 29.0 Å². The van der Waals surface area contributed by atoms with E-state index in [0.29, 0.717) is 131 Å². The number of hydrazine groups is 2. The number of hydrogen-bond acceptors (Lipinski definition) is 21. The van der Waals surface area contributed by atoms with Crippen molar-refractivity contribution in [1.29, 1.82) is 0 Å². The second kappa shape index (κ2) is 31.4. The van der Waals surface area contributed by atoms with E-state index in [-0.39, 0.29) is 36.0 Å². The van der Waals surface area contributed by atoms with Crippen molar-refractivity contribution in [3.63, 3.8) is 0 Å². The first-order valence-electron chi connectivity index (χ1n) is 32.7. The number of hydrogen-bond donors (Lipinski definition) is 1. The van der Waals surface area contributed by atoms with Crippen molar-refractivity contribution >= 4 is 68.9 Å². The molecule has 0 aliphatic carbocycles. The number of carbonyl (C=O) groups excluding carboxylic acids is 3. The molecular formula is C73H83N13O8S3. The minimum atomic E-state index is -0.280. The molecular weight excluding hydrogens is 1280 g/mol. The molecule has 3 unspecified atom stereocenters. The number of ether oxygens (including phenoxy) is 5. The van der Waals surface area contributed by atoms with Gasteiger partial charge in [-0.3, -0.25) is 19.4 Å². The molecule has 24 heteroatoms. The van der Waals surface area contributed by atoms with Gasteiger partial charge < -0.3 is 53.6 Å². The Labute approximate surface area is 579 Å². The topological polar surface area (TPSA) is 187 Å². The van der Waals surface area contributed by atoms with Crippen molar-refractivity contribution < 1.29 is 38.1 Å². The number of anilines is 3. The molecule has 0 fully saturated rings. The van der Waals surface area contributed by atoms with E-state index in [4.69, 9.17) is 23.7 Å².